The normalized spacial score (nSPS) is 16.7. The van der Waals surface area contributed by atoms with Crippen molar-refractivity contribution in [3.05, 3.63) is 58.1 Å². The van der Waals surface area contributed by atoms with Crippen LogP contribution in [-0.4, -0.2) is 78.3 Å². The SMILES string of the molecule is Clc1ccc(Cn2ccnc2/C=N/Nc2cc(N3CCOCC3)nc(N3CCOCC3)n2)cc1Cl. The van der Waals surface area contributed by atoms with Crippen LogP contribution >= 0.6 is 23.2 Å². The predicted octanol–water partition coefficient (Wildman–Crippen LogP) is 3.15. The molecule has 2 saturated heterocycles. The summed E-state index contributed by atoms with van der Waals surface area (Å²) in [6.45, 7) is 6.35. The van der Waals surface area contributed by atoms with Crippen molar-refractivity contribution in [2.75, 3.05) is 67.8 Å². The van der Waals surface area contributed by atoms with Crippen LogP contribution in [0.1, 0.15) is 11.4 Å². The molecular formula is C23H26Cl2N8O2. The number of nitrogens with zero attached hydrogens (tertiary/aromatic N) is 7. The van der Waals surface area contributed by atoms with Gasteiger partial charge in [-0.3, -0.25) is 5.43 Å². The van der Waals surface area contributed by atoms with Crippen LogP contribution in [0.15, 0.2) is 41.8 Å². The van der Waals surface area contributed by atoms with Gasteiger partial charge in [0.15, 0.2) is 11.6 Å². The fraction of sp³-hybridized carbons (Fsp3) is 0.391. The Labute approximate surface area is 213 Å². The maximum absolute atomic E-state index is 6.16. The van der Waals surface area contributed by atoms with Gasteiger partial charge < -0.3 is 23.8 Å². The van der Waals surface area contributed by atoms with Crippen LogP contribution < -0.4 is 15.2 Å². The second-order valence-electron chi connectivity index (χ2n) is 8.14. The molecule has 5 rings (SSSR count). The molecule has 2 aromatic heterocycles. The van der Waals surface area contributed by atoms with E-state index in [0.717, 1.165) is 37.6 Å². The third kappa shape index (κ3) is 6.02. The van der Waals surface area contributed by atoms with Gasteiger partial charge in [0.2, 0.25) is 5.95 Å². The Kier molecular flexibility index (Phi) is 7.63. The third-order valence-corrected chi connectivity index (χ3v) is 6.51. The Bertz CT molecular complexity index is 1140. The highest BCUT2D eigenvalue weighted by atomic mass is 35.5. The standard InChI is InChI=1S/C23H26Cl2N8O2/c24-18-2-1-17(13-19(18)25)16-33-4-3-26-22(33)15-27-30-20-14-21(31-5-9-34-10-6-31)29-23(28-20)32-7-11-35-12-8-32/h1-4,13-15H,5-12,16H2,(H,28,29,30)/b27-15+. The van der Waals surface area contributed by atoms with Crippen molar-refractivity contribution in [2.45, 2.75) is 6.54 Å². The number of halogens is 2. The van der Waals surface area contributed by atoms with Crippen LogP contribution in [0.5, 0.6) is 0 Å². The molecule has 0 spiro atoms. The van der Waals surface area contributed by atoms with Gasteiger partial charge in [-0.1, -0.05) is 29.3 Å². The molecule has 2 aliphatic heterocycles. The highest BCUT2D eigenvalue weighted by Gasteiger charge is 2.19. The van der Waals surface area contributed by atoms with Crippen LogP contribution in [0.2, 0.25) is 10.0 Å². The number of anilines is 3. The van der Waals surface area contributed by atoms with Crippen LogP contribution in [0, 0.1) is 0 Å². The van der Waals surface area contributed by atoms with Gasteiger partial charge in [0.1, 0.15) is 5.82 Å². The molecule has 0 bridgehead atoms. The molecule has 0 atom stereocenters. The van der Waals surface area contributed by atoms with Crippen molar-refractivity contribution in [3.8, 4) is 0 Å². The van der Waals surface area contributed by atoms with E-state index in [0.29, 0.717) is 60.6 Å². The quantitative estimate of drug-likeness (QED) is 0.378. The zero-order chi connectivity index (χ0) is 24.0. The van der Waals surface area contributed by atoms with E-state index >= 15 is 0 Å². The first-order valence-corrected chi connectivity index (χ1v) is 12.2. The first kappa shape index (κ1) is 23.8. The van der Waals surface area contributed by atoms with Gasteiger partial charge in [0.05, 0.1) is 42.7 Å². The lowest BCUT2D eigenvalue weighted by Gasteiger charge is -2.31. The van der Waals surface area contributed by atoms with E-state index in [9.17, 15) is 0 Å². The van der Waals surface area contributed by atoms with Crippen LogP contribution in [0.25, 0.3) is 0 Å². The number of rotatable bonds is 7. The minimum Gasteiger partial charge on any atom is -0.378 e. The maximum atomic E-state index is 6.16. The Morgan fingerprint density at radius 3 is 2.43 bits per heavy atom. The lowest BCUT2D eigenvalue weighted by atomic mass is 10.2. The molecule has 0 amide bonds. The second-order valence-corrected chi connectivity index (χ2v) is 8.96. The van der Waals surface area contributed by atoms with Gasteiger partial charge in [-0.2, -0.15) is 15.1 Å². The van der Waals surface area contributed by atoms with Crippen molar-refractivity contribution in [3.63, 3.8) is 0 Å². The molecule has 3 aromatic rings. The minimum atomic E-state index is 0.525. The number of hydrogen-bond donors (Lipinski definition) is 1. The molecule has 0 aliphatic carbocycles. The molecule has 0 unspecified atom stereocenters. The number of nitrogens with one attached hydrogen (secondary N) is 1. The number of hydrazone groups is 1. The molecule has 4 heterocycles. The summed E-state index contributed by atoms with van der Waals surface area (Å²) in [5.41, 5.74) is 4.08. The van der Waals surface area contributed by atoms with E-state index in [1.165, 1.54) is 0 Å². The molecule has 2 fully saturated rings. The summed E-state index contributed by atoms with van der Waals surface area (Å²) in [6, 6.07) is 7.49. The summed E-state index contributed by atoms with van der Waals surface area (Å²) < 4.78 is 13.0. The van der Waals surface area contributed by atoms with Crippen LogP contribution in [-0.2, 0) is 16.0 Å². The van der Waals surface area contributed by atoms with Crippen LogP contribution in [0.4, 0.5) is 17.6 Å². The van der Waals surface area contributed by atoms with Gasteiger partial charge >= 0.3 is 0 Å². The molecule has 2 aliphatic rings. The van der Waals surface area contributed by atoms with Gasteiger partial charge in [0, 0.05) is 51.2 Å². The summed E-state index contributed by atoms with van der Waals surface area (Å²) in [6.07, 6.45) is 5.29. The van der Waals surface area contributed by atoms with E-state index < -0.39 is 0 Å². The summed E-state index contributed by atoms with van der Waals surface area (Å²) in [4.78, 5) is 18.3. The highest BCUT2D eigenvalue weighted by molar-refractivity contribution is 6.42. The van der Waals surface area contributed by atoms with Crippen molar-refractivity contribution in [1.82, 2.24) is 19.5 Å². The third-order valence-electron chi connectivity index (χ3n) is 5.77. The lowest BCUT2D eigenvalue weighted by molar-refractivity contribution is 0.121. The van der Waals surface area contributed by atoms with Gasteiger partial charge in [-0.15, -0.1) is 0 Å². The molecule has 0 radical (unpaired) electrons. The molecule has 10 nitrogen and oxygen atoms in total. The van der Waals surface area contributed by atoms with Crippen LogP contribution in [0.3, 0.4) is 0 Å². The van der Waals surface area contributed by atoms with Gasteiger partial charge in [0.25, 0.3) is 0 Å². The summed E-state index contributed by atoms with van der Waals surface area (Å²) in [7, 11) is 0. The first-order valence-electron chi connectivity index (χ1n) is 11.4. The van der Waals surface area contributed by atoms with Crippen molar-refractivity contribution in [1.29, 1.82) is 0 Å². The van der Waals surface area contributed by atoms with E-state index in [1.54, 1.807) is 18.5 Å². The molecule has 1 aromatic carbocycles. The van der Waals surface area contributed by atoms with E-state index in [1.807, 2.05) is 29.0 Å². The second kappa shape index (κ2) is 11.2. The number of imidazole rings is 1. The molecule has 35 heavy (non-hydrogen) atoms. The number of benzene rings is 1. The molecular weight excluding hydrogens is 491 g/mol. The Balaban J connectivity index is 1.33. The minimum absolute atomic E-state index is 0.525. The van der Waals surface area contributed by atoms with E-state index in [4.69, 9.17) is 42.6 Å². The fourth-order valence-corrected chi connectivity index (χ4v) is 4.23. The average Bonchev–Trinajstić information content (AvgIpc) is 3.34. The molecule has 184 valence electrons. The highest BCUT2D eigenvalue weighted by Crippen LogP contribution is 2.24. The van der Waals surface area contributed by atoms with Crippen molar-refractivity contribution >= 4 is 47.0 Å². The maximum Gasteiger partial charge on any atom is 0.229 e. The molecule has 1 N–H and O–H groups in total. The molecule has 0 saturated carbocycles. The predicted molar refractivity (Wildman–Crippen MR) is 137 cm³/mol. The van der Waals surface area contributed by atoms with Crippen molar-refractivity contribution < 1.29 is 9.47 Å². The lowest BCUT2D eigenvalue weighted by Crippen LogP contribution is -2.39. The number of morpholine rings is 2. The summed E-state index contributed by atoms with van der Waals surface area (Å²) >= 11 is 12.2. The van der Waals surface area contributed by atoms with E-state index in [2.05, 4.69) is 25.3 Å². The largest absolute Gasteiger partial charge is 0.378 e. The Hall–Kier alpha value is -2.92. The zero-order valence-electron chi connectivity index (χ0n) is 19.1. The van der Waals surface area contributed by atoms with Crippen molar-refractivity contribution in [2.24, 2.45) is 5.10 Å². The van der Waals surface area contributed by atoms with E-state index in [-0.39, 0.29) is 0 Å². The first-order chi connectivity index (χ1) is 17.2. The fourth-order valence-electron chi connectivity index (χ4n) is 3.91. The average molecular weight is 517 g/mol. The van der Waals surface area contributed by atoms with Gasteiger partial charge in [-0.05, 0) is 17.7 Å². The number of hydrogen-bond acceptors (Lipinski definition) is 9. The monoisotopic (exact) mass is 516 g/mol. The zero-order valence-corrected chi connectivity index (χ0v) is 20.6. The summed E-state index contributed by atoms with van der Waals surface area (Å²) in [5.74, 6) is 2.82. The van der Waals surface area contributed by atoms with Gasteiger partial charge in [-0.25, -0.2) is 4.98 Å². The summed E-state index contributed by atoms with van der Waals surface area (Å²) in [5, 5.41) is 5.47. The topological polar surface area (TPSA) is 92.9 Å². The Morgan fingerprint density at radius 1 is 0.943 bits per heavy atom. The Morgan fingerprint density at radius 2 is 1.69 bits per heavy atom. The number of aromatic nitrogens is 4. The smallest absolute Gasteiger partial charge is 0.229 e. The molecule has 12 heteroatoms. The number of ether oxygens (including phenoxy) is 2.